The Hall–Kier alpha value is -0.0800. The van der Waals surface area contributed by atoms with Crippen molar-refractivity contribution in [1.82, 2.24) is 15.5 Å². The van der Waals surface area contributed by atoms with Crippen LogP contribution in [0, 0.1) is 5.92 Å². The van der Waals surface area contributed by atoms with E-state index in [0.29, 0.717) is 18.1 Å². The second-order valence-electron chi connectivity index (χ2n) is 7.21. The minimum absolute atomic E-state index is 0. The maximum Gasteiger partial charge on any atom is 0.191 e. The van der Waals surface area contributed by atoms with Crippen molar-refractivity contribution >= 4 is 29.9 Å². The fourth-order valence-corrected chi connectivity index (χ4v) is 3.39. The fourth-order valence-electron chi connectivity index (χ4n) is 3.39. The van der Waals surface area contributed by atoms with Crippen LogP contribution in [0.1, 0.15) is 52.9 Å². The van der Waals surface area contributed by atoms with Gasteiger partial charge in [-0.3, -0.25) is 4.99 Å². The van der Waals surface area contributed by atoms with Crippen LogP contribution in [0.25, 0.3) is 0 Å². The first-order chi connectivity index (χ1) is 11.1. The molecule has 1 heterocycles. The van der Waals surface area contributed by atoms with Gasteiger partial charge in [-0.15, -0.1) is 24.0 Å². The van der Waals surface area contributed by atoms with Crippen LogP contribution in [-0.2, 0) is 4.74 Å². The Morgan fingerprint density at radius 1 is 1.21 bits per heavy atom. The van der Waals surface area contributed by atoms with Crippen molar-refractivity contribution in [2.45, 2.75) is 71.1 Å². The number of nitrogens with one attached hydrogen (secondary N) is 2. The van der Waals surface area contributed by atoms with Gasteiger partial charge < -0.3 is 20.3 Å². The number of ether oxygens (including phenoxy) is 1. The minimum Gasteiger partial charge on any atom is -0.378 e. The molecule has 2 aliphatic rings. The van der Waals surface area contributed by atoms with Crippen LogP contribution < -0.4 is 10.6 Å². The van der Waals surface area contributed by atoms with Crippen LogP contribution in [-0.4, -0.2) is 62.3 Å². The lowest BCUT2D eigenvalue weighted by Crippen LogP contribution is -2.49. The third-order valence-corrected chi connectivity index (χ3v) is 5.00. The number of piperidine rings is 1. The van der Waals surface area contributed by atoms with Crippen molar-refractivity contribution in [2.24, 2.45) is 10.9 Å². The number of nitrogens with zero attached hydrogens (tertiary/aromatic N) is 2. The molecule has 0 aromatic carbocycles. The average molecular weight is 452 g/mol. The van der Waals surface area contributed by atoms with Gasteiger partial charge in [0, 0.05) is 45.4 Å². The van der Waals surface area contributed by atoms with Crippen LogP contribution in [0.5, 0.6) is 0 Å². The second-order valence-corrected chi connectivity index (χ2v) is 7.21. The van der Waals surface area contributed by atoms with Gasteiger partial charge in [0.2, 0.25) is 0 Å². The van der Waals surface area contributed by atoms with E-state index in [2.05, 4.69) is 41.3 Å². The van der Waals surface area contributed by atoms with E-state index in [4.69, 9.17) is 4.74 Å². The Morgan fingerprint density at radius 2 is 1.88 bits per heavy atom. The topological polar surface area (TPSA) is 48.9 Å². The molecule has 24 heavy (non-hydrogen) atoms. The van der Waals surface area contributed by atoms with Crippen LogP contribution >= 0.6 is 24.0 Å². The monoisotopic (exact) mass is 452 g/mol. The molecule has 2 N–H and O–H groups in total. The van der Waals surface area contributed by atoms with E-state index < -0.39 is 0 Å². The van der Waals surface area contributed by atoms with Crippen molar-refractivity contribution in [3.05, 3.63) is 0 Å². The molecule has 0 amide bonds. The van der Waals surface area contributed by atoms with Gasteiger partial charge in [-0.1, -0.05) is 13.8 Å². The lowest BCUT2D eigenvalue weighted by Gasteiger charge is -2.33. The summed E-state index contributed by atoms with van der Waals surface area (Å²) in [6.45, 7) is 10.7. The summed E-state index contributed by atoms with van der Waals surface area (Å²) in [7, 11) is 1.86. The first-order valence-electron chi connectivity index (χ1n) is 9.46. The zero-order valence-corrected chi connectivity index (χ0v) is 18.2. The Morgan fingerprint density at radius 3 is 2.38 bits per heavy atom. The van der Waals surface area contributed by atoms with Crippen molar-refractivity contribution in [2.75, 3.05) is 33.3 Å². The number of guanidine groups is 1. The SMILES string of the molecule is CCOC(CCNC(=NC)NC1CCN(C2CC2)CC1)C(C)C.I. The number of hydrogen-bond acceptors (Lipinski definition) is 3. The largest absolute Gasteiger partial charge is 0.378 e. The molecule has 1 saturated heterocycles. The minimum atomic E-state index is 0. The van der Waals surface area contributed by atoms with Crippen LogP contribution in [0.3, 0.4) is 0 Å². The van der Waals surface area contributed by atoms with E-state index in [1.54, 1.807) is 0 Å². The predicted molar refractivity (Wildman–Crippen MR) is 112 cm³/mol. The number of halogens is 1. The van der Waals surface area contributed by atoms with Crippen LogP contribution in [0.2, 0.25) is 0 Å². The summed E-state index contributed by atoms with van der Waals surface area (Å²) in [4.78, 5) is 7.03. The summed E-state index contributed by atoms with van der Waals surface area (Å²) in [5, 5.41) is 7.04. The quantitative estimate of drug-likeness (QED) is 0.338. The number of aliphatic imine (C=N–C) groups is 1. The zero-order chi connectivity index (χ0) is 16.7. The average Bonchev–Trinajstić information content (AvgIpc) is 3.38. The highest BCUT2D eigenvalue weighted by atomic mass is 127. The van der Waals surface area contributed by atoms with E-state index in [1.165, 1.54) is 38.8 Å². The summed E-state index contributed by atoms with van der Waals surface area (Å²) >= 11 is 0. The van der Waals surface area contributed by atoms with E-state index in [-0.39, 0.29) is 24.0 Å². The van der Waals surface area contributed by atoms with E-state index in [0.717, 1.165) is 31.6 Å². The van der Waals surface area contributed by atoms with Gasteiger partial charge in [0.1, 0.15) is 0 Å². The predicted octanol–water partition coefficient (Wildman–Crippen LogP) is 2.85. The summed E-state index contributed by atoms with van der Waals surface area (Å²) in [6, 6.07) is 1.46. The highest BCUT2D eigenvalue weighted by Gasteiger charge is 2.31. The molecule has 142 valence electrons. The molecule has 5 nitrogen and oxygen atoms in total. The zero-order valence-electron chi connectivity index (χ0n) is 15.9. The summed E-state index contributed by atoms with van der Waals surface area (Å²) in [5.41, 5.74) is 0. The third kappa shape index (κ3) is 7.44. The van der Waals surface area contributed by atoms with Crippen molar-refractivity contribution in [3.8, 4) is 0 Å². The summed E-state index contributed by atoms with van der Waals surface area (Å²) in [5.74, 6) is 1.49. The van der Waals surface area contributed by atoms with Gasteiger partial charge >= 0.3 is 0 Å². The van der Waals surface area contributed by atoms with Gasteiger partial charge in [0.05, 0.1) is 6.10 Å². The molecule has 1 saturated carbocycles. The Labute approximate surface area is 165 Å². The van der Waals surface area contributed by atoms with Crippen molar-refractivity contribution < 1.29 is 4.74 Å². The summed E-state index contributed by atoms with van der Waals surface area (Å²) < 4.78 is 5.80. The summed E-state index contributed by atoms with van der Waals surface area (Å²) in [6.07, 6.45) is 6.63. The molecule has 1 atom stereocenters. The molecule has 1 unspecified atom stereocenters. The molecule has 0 spiro atoms. The molecule has 6 heteroatoms. The molecule has 0 aromatic rings. The number of hydrogen-bond donors (Lipinski definition) is 2. The highest BCUT2D eigenvalue weighted by Crippen LogP contribution is 2.29. The maximum atomic E-state index is 5.80. The third-order valence-electron chi connectivity index (χ3n) is 5.00. The fraction of sp³-hybridized carbons (Fsp3) is 0.944. The highest BCUT2D eigenvalue weighted by molar-refractivity contribution is 14.0. The standard InChI is InChI=1S/C18H36N4O.HI/c1-5-23-17(14(2)3)8-11-20-18(19-4)21-15-9-12-22(13-10-15)16-6-7-16;/h14-17H,5-13H2,1-4H3,(H2,19,20,21);1H. The lowest BCUT2D eigenvalue weighted by atomic mass is 10.0. The Bertz CT molecular complexity index is 366. The normalized spacial score (nSPS) is 21.5. The molecule has 0 radical (unpaired) electrons. The van der Waals surface area contributed by atoms with Gasteiger partial charge in [-0.2, -0.15) is 0 Å². The van der Waals surface area contributed by atoms with Gasteiger partial charge in [0.25, 0.3) is 0 Å². The van der Waals surface area contributed by atoms with E-state index in [1.807, 2.05) is 7.05 Å². The Balaban J connectivity index is 0.00000288. The number of likely N-dealkylation sites (tertiary alicyclic amines) is 1. The first kappa shape index (κ1) is 22.0. The van der Waals surface area contributed by atoms with E-state index in [9.17, 15) is 0 Å². The smallest absolute Gasteiger partial charge is 0.191 e. The van der Waals surface area contributed by atoms with Gasteiger partial charge in [-0.25, -0.2) is 0 Å². The lowest BCUT2D eigenvalue weighted by molar-refractivity contribution is 0.0258. The number of rotatable bonds is 8. The van der Waals surface area contributed by atoms with E-state index >= 15 is 0 Å². The van der Waals surface area contributed by atoms with Crippen molar-refractivity contribution in [3.63, 3.8) is 0 Å². The van der Waals surface area contributed by atoms with Crippen LogP contribution in [0.15, 0.2) is 4.99 Å². The maximum absolute atomic E-state index is 5.80. The molecule has 2 fully saturated rings. The molecule has 1 aliphatic carbocycles. The molecule has 2 rings (SSSR count). The molecular weight excluding hydrogens is 415 g/mol. The van der Waals surface area contributed by atoms with Crippen LogP contribution in [0.4, 0.5) is 0 Å². The molecule has 1 aliphatic heterocycles. The first-order valence-corrected chi connectivity index (χ1v) is 9.46. The van der Waals surface area contributed by atoms with Gasteiger partial charge in [0.15, 0.2) is 5.96 Å². The Kier molecular flexibility index (Phi) is 10.5. The second kappa shape index (κ2) is 11.5. The molecule has 0 aromatic heterocycles. The molecular formula is C18H37IN4O. The molecule has 0 bridgehead atoms. The van der Waals surface area contributed by atoms with Crippen molar-refractivity contribution in [1.29, 1.82) is 0 Å². The van der Waals surface area contributed by atoms with Gasteiger partial charge in [-0.05, 0) is 44.9 Å².